The fourth-order valence-electron chi connectivity index (χ4n) is 3.26. The van der Waals surface area contributed by atoms with Gasteiger partial charge >= 0.3 is 0 Å². The van der Waals surface area contributed by atoms with Crippen molar-refractivity contribution in [3.05, 3.63) is 36.4 Å². The van der Waals surface area contributed by atoms with Crippen molar-refractivity contribution in [2.45, 2.75) is 83.7 Å². The van der Waals surface area contributed by atoms with Crippen LogP contribution < -0.4 is 17.7 Å². The molecule has 1 aromatic carbocycles. The van der Waals surface area contributed by atoms with Crippen LogP contribution in [0.1, 0.15) is 84.1 Å². The van der Waals surface area contributed by atoms with Gasteiger partial charge in [0, 0.05) is 8.58 Å². The molecule has 23 heavy (non-hydrogen) atoms. The second kappa shape index (κ2) is 13.0. The molecule has 0 heterocycles. The Morgan fingerprint density at radius 3 is 1.65 bits per heavy atom. The normalized spacial score (nSPS) is 11.6. The quantitative estimate of drug-likeness (QED) is 0.502. The number of rotatable bonds is 12. The van der Waals surface area contributed by atoms with E-state index in [-0.39, 0.29) is 12.4 Å². The first-order valence-corrected chi connectivity index (χ1v) is 10.4. The smallest absolute Gasteiger partial charge is 0.0896 e. The molecule has 0 nitrogen and oxygen atoms in total. The zero-order chi connectivity index (χ0) is 16.3. The molecule has 0 saturated heterocycles. The Hall–Kier alpha value is -0.320. The van der Waals surface area contributed by atoms with E-state index in [2.05, 4.69) is 51.6 Å². The molecule has 0 aromatic heterocycles. The fraction of sp³-hybridized carbons (Fsp3) is 0.619. The molecule has 132 valence electrons. The molecule has 1 atom stereocenters. The van der Waals surface area contributed by atoms with Gasteiger partial charge < -0.3 is 12.4 Å². The summed E-state index contributed by atoms with van der Waals surface area (Å²) < 4.78 is 0. The average molecular weight is 355 g/mol. The summed E-state index contributed by atoms with van der Waals surface area (Å²) in [6.45, 7) is 10.9. The van der Waals surface area contributed by atoms with Crippen molar-refractivity contribution in [2.24, 2.45) is 0 Å². The largest absolute Gasteiger partial charge is 1.00 e. The van der Waals surface area contributed by atoms with E-state index in [1.807, 2.05) is 6.08 Å². The van der Waals surface area contributed by atoms with Crippen molar-refractivity contribution < 1.29 is 12.4 Å². The van der Waals surface area contributed by atoms with Crippen molar-refractivity contribution in [3.63, 3.8) is 0 Å². The van der Waals surface area contributed by atoms with Crippen molar-refractivity contribution in [1.29, 1.82) is 0 Å². The van der Waals surface area contributed by atoms with E-state index in [0.717, 1.165) is 0 Å². The highest BCUT2D eigenvalue weighted by Gasteiger charge is 2.34. The summed E-state index contributed by atoms with van der Waals surface area (Å²) in [5.74, 6) is 0. The van der Waals surface area contributed by atoms with Gasteiger partial charge in [0.1, 0.15) is 0 Å². The van der Waals surface area contributed by atoms with E-state index in [1.54, 1.807) is 5.30 Å². The molecule has 0 amide bonds. The maximum atomic E-state index is 3.86. The number of halogens is 1. The molecular formula is C21H36ClP. The first-order valence-electron chi connectivity index (χ1n) is 9.28. The zero-order valence-corrected chi connectivity index (χ0v) is 17.3. The van der Waals surface area contributed by atoms with Gasteiger partial charge in [-0.05, 0) is 56.2 Å². The molecule has 2 heteroatoms. The molecule has 0 spiro atoms. The fourth-order valence-corrected chi connectivity index (χ4v) is 5.40. The van der Waals surface area contributed by atoms with Crippen LogP contribution in [0.5, 0.6) is 0 Å². The number of benzene rings is 1. The van der Waals surface area contributed by atoms with Crippen molar-refractivity contribution in [2.75, 3.05) is 0 Å². The molecule has 0 bridgehead atoms. The van der Waals surface area contributed by atoms with Crippen molar-refractivity contribution >= 4 is 20.0 Å². The number of hydrogen-bond acceptors (Lipinski definition) is 0. The highest BCUT2D eigenvalue weighted by molar-refractivity contribution is 7.49. The molecule has 1 rings (SSSR count). The van der Waals surface area contributed by atoms with Gasteiger partial charge in [0.2, 0.25) is 0 Å². The van der Waals surface area contributed by atoms with E-state index in [0.29, 0.717) is 13.7 Å². The number of unbranched alkanes of at least 4 members (excludes halogenated alkanes) is 3. The summed E-state index contributed by atoms with van der Waals surface area (Å²) in [5, 5.41) is 2.20. The van der Waals surface area contributed by atoms with Gasteiger partial charge in [0.25, 0.3) is 0 Å². The molecule has 1 aromatic rings. The van der Waals surface area contributed by atoms with Crippen LogP contribution in [0, 0.1) is 0 Å². The van der Waals surface area contributed by atoms with Crippen LogP contribution in [-0.2, 0) is 0 Å². The monoisotopic (exact) mass is 354 g/mol. The zero-order valence-electron chi connectivity index (χ0n) is 15.4. The summed E-state index contributed by atoms with van der Waals surface area (Å²) in [6, 6.07) is 9.18. The molecular weight excluding hydrogens is 319 g/mol. The Bertz CT molecular complexity index is 389. The Morgan fingerprint density at radius 2 is 1.30 bits per heavy atom. The van der Waals surface area contributed by atoms with Gasteiger partial charge in [-0.15, -0.1) is 0 Å². The third-order valence-corrected chi connectivity index (χ3v) is 6.93. The maximum Gasteiger partial charge on any atom is 0.0896 e. The minimum absolute atomic E-state index is 0. The first-order chi connectivity index (χ1) is 10.7. The Labute approximate surface area is 152 Å². The van der Waals surface area contributed by atoms with Crippen LogP contribution in [-0.4, -0.2) is 5.16 Å². The molecule has 0 radical (unpaired) electrons. The maximum absolute atomic E-state index is 3.86. The minimum atomic E-state index is 0. The number of hydrogen-bond donors (Lipinski definition) is 0. The van der Waals surface area contributed by atoms with Gasteiger partial charge in [0.05, 0.1) is 10.5 Å². The van der Waals surface area contributed by atoms with E-state index < -0.39 is 0 Å². The van der Waals surface area contributed by atoms with Gasteiger partial charge in [-0.2, -0.15) is 0 Å². The predicted octanol–water partition coefficient (Wildman–Crippen LogP) is 3.68. The summed E-state index contributed by atoms with van der Waals surface area (Å²) in [4.78, 5) is 0. The van der Waals surface area contributed by atoms with Crippen LogP contribution >= 0.6 is 8.58 Å². The van der Waals surface area contributed by atoms with Gasteiger partial charge in [0.15, 0.2) is 0 Å². The van der Waals surface area contributed by atoms with Crippen LogP contribution in [0.2, 0.25) is 0 Å². The Balaban J connectivity index is 0.00000484. The van der Waals surface area contributed by atoms with Crippen LogP contribution in [0.25, 0.3) is 6.08 Å². The van der Waals surface area contributed by atoms with Crippen molar-refractivity contribution in [3.8, 4) is 0 Å². The summed E-state index contributed by atoms with van der Waals surface area (Å²) in [7, 11) is 0.368. The summed E-state index contributed by atoms with van der Waals surface area (Å²) in [5.41, 5.74) is 1.24. The van der Waals surface area contributed by atoms with Crippen LogP contribution in [0.3, 0.4) is 0 Å². The van der Waals surface area contributed by atoms with E-state index in [9.17, 15) is 0 Å². The van der Waals surface area contributed by atoms with Crippen LogP contribution in [0.4, 0.5) is 0 Å². The van der Waals surface area contributed by atoms with E-state index in [1.165, 1.54) is 63.4 Å². The lowest BCUT2D eigenvalue weighted by Crippen LogP contribution is -3.00. The molecule has 1 unspecified atom stereocenters. The summed E-state index contributed by atoms with van der Waals surface area (Å²) in [6.07, 6.45) is 14.4. The van der Waals surface area contributed by atoms with Gasteiger partial charge in [-0.1, -0.05) is 64.8 Å². The standard InChI is InChI=1S/C21H35P.ClH/c1-5-9-16-21(17-10-6-2,18-11-7-3)22-20-14-12-19(8-4)13-15-20;/h8,12-15,22H,4-7,9-11,16-18H2,1-3H3;1H. The second-order valence-electron chi connectivity index (χ2n) is 6.69. The molecule has 0 N–H and O–H groups in total. The third kappa shape index (κ3) is 8.37. The highest BCUT2D eigenvalue weighted by Crippen LogP contribution is 2.44. The van der Waals surface area contributed by atoms with Crippen LogP contribution in [0.15, 0.2) is 30.8 Å². The molecule has 0 aliphatic heterocycles. The first kappa shape index (κ1) is 22.7. The molecule has 0 saturated carbocycles. The Morgan fingerprint density at radius 1 is 0.870 bits per heavy atom. The molecule has 0 aliphatic rings. The highest BCUT2D eigenvalue weighted by atomic mass is 35.5. The average Bonchev–Trinajstić information content (AvgIpc) is 2.56. The lowest BCUT2D eigenvalue weighted by molar-refractivity contribution is -0.00000474. The molecule has 0 fully saturated rings. The second-order valence-corrected chi connectivity index (χ2v) is 8.87. The third-order valence-electron chi connectivity index (χ3n) is 4.73. The van der Waals surface area contributed by atoms with E-state index in [4.69, 9.17) is 0 Å². The van der Waals surface area contributed by atoms with Gasteiger partial charge in [-0.3, -0.25) is 0 Å². The predicted molar refractivity (Wildman–Crippen MR) is 107 cm³/mol. The Kier molecular flexibility index (Phi) is 12.8. The molecule has 0 aliphatic carbocycles. The van der Waals surface area contributed by atoms with E-state index >= 15 is 0 Å². The topological polar surface area (TPSA) is 0 Å². The minimum Gasteiger partial charge on any atom is -1.00 e. The van der Waals surface area contributed by atoms with Crippen molar-refractivity contribution in [1.82, 2.24) is 0 Å². The van der Waals surface area contributed by atoms with Gasteiger partial charge in [-0.25, -0.2) is 0 Å². The summed E-state index contributed by atoms with van der Waals surface area (Å²) >= 11 is 0. The SMILES string of the molecule is C=Cc1ccc([PH2+]C(CCCC)(CCCC)CCCC)cc1.[Cl-]. The lowest BCUT2D eigenvalue weighted by Gasteiger charge is -2.29. The lowest BCUT2D eigenvalue weighted by atomic mass is 9.90.